The molecular weight excluding hydrogens is 176 g/mol. The Labute approximate surface area is 81.9 Å². The summed E-state index contributed by atoms with van der Waals surface area (Å²) in [5.74, 6) is 0.901. The van der Waals surface area contributed by atoms with Crippen molar-refractivity contribution in [3.63, 3.8) is 0 Å². The number of rotatable bonds is 0. The number of hydrogen-bond donors (Lipinski definition) is 0. The van der Waals surface area contributed by atoms with Crippen molar-refractivity contribution in [2.24, 2.45) is 0 Å². The van der Waals surface area contributed by atoms with E-state index in [1.54, 1.807) is 10.9 Å². The van der Waals surface area contributed by atoms with Crippen LogP contribution in [0.1, 0.15) is 5.56 Å². The third kappa shape index (κ3) is 1.02. The summed E-state index contributed by atoms with van der Waals surface area (Å²) in [6, 6.07) is 8.30. The SMILES string of the molecule is c1ccc2c(c1)CCOn1ccnc1-2. The minimum atomic E-state index is 0.709. The van der Waals surface area contributed by atoms with Crippen molar-refractivity contribution in [1.29, 1.82) is 0 Å². The van der Waals surface area contributed by atoms with Crippen molar-refractivity contribution >= 4 is 0 Å². The molecule has 0 aliphatic carbocycles. The molecule has 0 saturated carbocycles. The summed E-state index contributed by atoms with van der Waals surface area (Å²) in [7, 11) is 0. The minimum Gasteiger partial charge on any atom is -0.412 e. The summed E-state index contributed by atoms with van der Waals surface area (Å²) in [5.41, 5.74) is 2.48. The molecule has 0 radical (unpaired) electrons. The van der Waals surface area contributed by atoms with Crippen LogP contribution in [0.5, 0.6) is 0 Å². The van der Waals surface area contributed by atoms with Crippen LogP contribution >= 0.6 is 0 Å². The van der Waals surface area contributed by atoms with Gasteiger partial charge in [0.1, 0.15) is 6.61 Å². The van der Waals surface area contributed by atoms with E-state index in [4.69, 9.17) is 4.84 Å². The first-order chi connectivity index (χ1) is 6.95. The van der Waals surface area contributed by atoms with Gasteiger partial charge < -0.3 is 4.84 Å². The average molecular weight is 186 g/mol. The maximum absolute atomic E-state index is 5.53. The molecule has 1 aliphatic rings. The van der Waals surface area contributed by atoms with Gasteiger partial charge in [-0.25, -0.2) is 4.98 Å². The first-order valence-corrected chi connectivity index (χ1v) is 4.70. The summed E-state index contributed by atoms with van der Waals surface area (Å²) in [5, 5.41) is 0. The van der Waals surface area contributed by atoms with Crippen LogP contribution in [0.15, 0.2) is 36.7 Å². The van der Waals surface area contributed by atoms with Gasteiger partial charge in [-0.2, -0.15) is 4.73 Å². The van der Waals surface area contributed by atoms with Crippen molar-refractivity contribution in [3.8, 4) is 11.4 Å². The number of benzene rings is 1. The molecule has 3 rings (SSSR count). The van der Waals surface area contributed by atoms with Crippen molar-refractivity contribution in [2.75, 3.05) is 6.61 Å². The molecule has 70 valence electrons. The fraction of sp³-hybridized carbons (Fsp3) is 0.182. The van der Waals surface area contributed by atoms with Crippen molar-refractivity contribution < 1.29 is 4.84 Å². The van der Waals surface area contributed by atoms with Gasteiger partial charge in [0, 0.05) is 18.2 Å². The second-order valence-electron chi connectivity index (χ2n) is 3.32. The van der Waals surface area contributed by atoms with Crippen molar-refractivity contribution in [1.82, 2.24) is 9.71 Å². The van der Waals surface area contributed by atoms with E-state index in [0.717, 1.165) is 12.2 Å². The zero-order valence-corrected chi connectivity index (χ0v) is 7.68. The predicted molar refractivity (Wildman–Crippen MR) is 52.8 cm³/mol. The topological polar surface area (TPSA) is 27.1 Å². The van der Waals surface area contributed by atoms with Gasteiger partial charge in [-0.05, 0) is 5.56 Å². The molecule has 14 heavy (non-hydrogen) atoms. The third-order valence-corrected chi connectivity index (χ3v) is 2.47. The van der Waals surface area contributed by atoms with E-state index in [2.05, 4.69) is 23.2 Å². The van der Waals surface area contributed by atoms with Crippen LogP contribution < -0.4 is 4.84 Å². The van der Waals surface area contributed by atoms with Crippen LogP contribution in [-0.2, 0) is 6.42 Å². The lowest BCUT2D eigenvalue weighted by Crippen LogP contribution is -2.11. The van der Waals surface area contributed by atoms with E-state index >= 15 is 0 Å². The largest absolute Gasteiger partial charge is 0.412 e. The molecule has 1 aromatic heterocycles. The molecule has 2 heterocycles. The first kappa shape index (κ1) is 7.62. The molecule has 0 amide bonds. The highest BCUT2D eigenvalue weighted by molar-refractivity contribution is 5.60. The van der Waals surface area contributed by atoms with E-state index in [0.29, 0.717) is 6.61 Å². The highest BCUT2D eigenvalue weighted by Gasteiger charge is 2.14. The lowest BCUT2D eigenvalue weighted by atomic mass is 10.1. The molecule has 2 aromatic rings. The van der Waals surface area contributed by atoms with Gasteiger partial charge in [0.05, 0.1) is 6.20 Å². The lowest BCUT2D eigenvalue weighted by Gasteiger charge is -2.03. The molecule has 1 aliphatic heterocycles. The summed E-state index contributed by atoms with van der Waals surface area (Å²) < 4.78 is 1.74. The zero-order valence-electron chi connectivity index (χ0n) is 7.68. The smallest absolute Gasteiger partial charge is 0.175 e. The van der Waals surface area contributed by atoms with Crippen LogP contribution in [0, 0.1) is 0 Å². The standard InChI is InChI=1S/C11H10N2O/c1-2-4-10-9(3-1)5-8-14-13-7-6-12-11(10)13/h1-4,6-7H,5,8H2. The maximum Gasteiger partial charge on any atom is 0.175 e. The van der Waals surface area contributed by atoms with E-state index in [1.807, 2.05) is 12.3 Å². The van der Waals surface area contributed by atoms with Crippen LogP contribution in [0.4, 0.5) is 0 Å². The number of hydrogen-bond acceptors (Lipinski definition) is 2. The first-order valence-electron chi connectivity index (χ1n) is 4.70. The third-order valence-electron chi connectivity index (χ3n) is 2.47. The van der Waals surface area contributed by atoms with E-state index in [1.165, 1.54) is 11.1 Å². The highest BCUT2D eigenvalue weighted by Crippen LogP contribution is 2.23. The van der Waals surface area contributed by atoms with E-state index in [-0.39, 0.29) is 0 Å². The minimum absolute atomic E-state index is 0.709. The maximum atomic E-state index is 5.53. The fourth-order valence-electron chi connectivity index (χ4n) is 1.79. The van der Waals surface area contributed by atoms with Crippen LogP contribution in [0.2, 0.25) is 0 Å². The van der Waals surface area contributed by atoms with Gasteiger partial charge in [0.2, 0.25) is 0 Å². The van der Waals surface area contributed by atoms with Gasteiger partial charge in [0.25, 0.3) is 0 Å². The Morgan fingerprint density at radius 1 is 1.29 bits per heavy atom. The molecule has 0 spiro atoms. The molecular formula is C11H10N2O. The van der Waals surface area contributed by atoms with Gasteiger partial charge in [-0.3, -0.25) is 0 Å². The quantitative estimate of drug-likeness (QED) is 0.624. The van der Waals surface area contributed by atoms with Crippen molar-refractivity contribution in [3.05, 3.63) is 42.2 Å². The Morgan fingerprint density at radius 3 is 3.21 bits per heavy atom. The van der Waals surface area contributed by atoms with Crippen LogP contribution in [0.25, 0.3) is 11.4 Å². The Morgan fingerprint density at radius 2 is 2.21 bits per heavy atom. The molecule has 1 aromatic carbocycles. The Bertz CT molecular complexity index is 462. The second kappa shape index (κ2) is 2.87. The highest BCUT2D eigenvalue weighted by atomic mass is 16.7. The summed E-state index contributed by atoms with van der Waals surface area (Å²) >= 11 is 0. The van der Waals surface area contributed by atoms with Crippen LogP contribution in [0.3, 0.4) is 0 Å². The zero-order chi connectivity index (χ0) is 9.38. The van der Waals surface area contributed by atoms with Gasteiger partial charge >= 0.3 is 0 Å². The second-order valence-corrected chi connectivity index (χ2v) is 3.32. The monoisotopic (exact) mass is 186 g/mol. The lowest BCUT2D eigenvalue weighted by molar-refractivity contribution is 0.119. The molecule has 0 fully saturated rings. The van der Waals surface area contributed by atoms with Gasteiger partial charge in [-0.15, -0.1) is 0 Å². The number of nitrogens with zero attached hydrogens (tertiary/aromatic N) is 2. The summed E-state index contributed by atoms with van der Waals surface area (Å²) in [4.78, 5) is 9.82. The molecule has 0 unspecified atom stereocenters. The number of aromatic nitrogens is 2. The molecule has 3 heteroatoms. The fourth-order valence-corrected chi connectivity index (χ4v) is 1.79. The number of imidazole rings is 1. The van der Waals surface area contributed by atoms with Crippen LogP contribution in [-0.4, -0.2) is 16.3 Å². The molecule has 0 atom stereocenters. The van der Waals surface area contributed by atoms with Gasteiger partial charge in [0.15, 0.2) is 5.82 Å². The number of fused-ring (bicyclic) bond motifs is 3. The molecule has 3 nitrogen and oxygen atoms in total. The Hall–Kier alpha value is -1.77. The van der Waals surface area contributed by atoms with E-state index in [9.17, 15) is 0 Å². The average Bonchev–Trinajstić information content (AvgIpc) is 2.61. The predicted octanol–water partition coefficient (Wildman–Crippen LogP) is 1.53. The van der Waals surface area contributed by atoms with Crippen molar-refractivity contribution in [2.45, 2.75) is 6.42 Å². The van der Waals surface area contributed by atoms with Gasteiger partial charge in [-0.1, -0.05) is 24.3 Å². The Kier molecular flexibility index (Phi) is 1.56. The molecule has 0 N–H and O–H groups in total. The summed E-state index contributed by atoms with van der Waals surface area (Å²) in [6.45, 7) is 0.709. The molecule has 0 saturated heterocycles. The normalized spacial score (nSPS) is 13.7. The molecule has 0 bridgehead atoms. The Balaban J connectivity index is 2.27. The summed E-state index contributed by atoms with van der Waals surface area (Å²) in [6.07, 6.45) is 4.55. The van der Waals surface area contributed by atoms with E-state index < -0.39 is 0 Å².